The summed E-state index contributed by atoms with van der Waals surface area (Å²) in [5, 5.41) is 0. The second-order valence-corrected chi connectivity index (χ2v) is 7.97. The third-order valence-electron chi connectivity index (χ3n) is 2.78. The van der Waals surface area contributed by atoms with Crippen molar-refractivity contribution >= 4 is 14.8 Å². The molecule has 1 unspecified atom stereocenters. The van der Waals surface area contributed by atoms with Crippen LogP contribution in [0.1, 0.15) is 33.6 Å². The van der Waals surface area contributed by atoms with Crippen LogP contribution in [0.25, 0.3) is 0 Å². The van der Waals surface area contributed by atoms with E-state index in [9.17, 15) is 4.79 Å². The van der Waals surface area contributed by atoms with Gasteiger partial charge in [-0.15, -0.1) is 0 Å². The van der Waals surface area contributed by atoms with Crippen LogP contribution in [0.4, 0.5) is 0 Å². The Labute approximate surface area is 94.4 Å². The van der Waals surface area contributed by atoms with Gasteiger partial charge in [-0.1, -0.05) is 20.8 Å². The van der Waals surface area contributed by atoms with Gasteiger partial charge >= 0.3 is 0 Å². The van der Waals surface area contributed by atoms with Gasteiger partial charge in [0.25, 0.3) is 0 Å². The predicted molar refractivity (Wildman–Crippen MR) is 65.2 cm³/mol. The molecule has 1 aliphatic carbocycles. The van der Waals surface area contributed by atoms with E-state index >= 15 is 0 Å². The second kappa shape index (κ2) is 4.52. The minimum atomic E-state index is -1.15. The molecular weight excluding hydrogens is 204 g/mol. The second-order valence-electron chi connectivity index (χ2n) is 5.63. The fourth-order valence-electron chi connectivity index (χ4n) is 1.81. The Hall–Kier alpha value is -0.573. The van der Waals surface area contributed by atoms with Crippen molar-refractivity contribution in [2.45, 2.75) is 46.7 Å². The van der Waals surface area contributed by atoms with Gasteiger partial charge in [-0.2, -0.15) is 0 Å². The summed E-state index contributed by atoms with van der Waals surface area (Å²) in [6.07, 6.45) is 3.67. The zero-order chi connectivity index (χ0) is 11.6. The molecule has 0 radical (unpaired) electrons. The van der Waals surface area contributed by atoms with Crippen molar-refractivity contribution in [3.8, 4) is 0 Å². The van der Waals surface area contributed by atoms with Gasteiger partial charge in [0, 0.05) is 6.42 Å². The summed E-state index contributed by atoms with van der Waals surface area (Å²) in [6, 6.07) is 0. The van der Waals surface area contributed by atoms with Gasteiger partial charge < -0.3 is 4.43 Å². The lowest BCUT2D eigenvalue weighted by molar-refractivity contribution is -0.118. The van der Waals surface area contributed by atoms with E-state index in [2.05, 4.69) is 39.9 Å². The van der Waals surface area contributed by atoms with E-state index in [0.717, 1.165) is 6.42 Å². The number of ketones is 1. The van der Waals surface area contributed by atoms with Crippen molar-refractivity contribution in [1.82, 2.24) is 0 Å². The predicted octanol–water partition coefficient (Wildman–Crippen LogP) is 2.90. The van der Waals surface area contributed by atoms with Crippen LogP contribution in [-0.2, 0) is 9.22 Å². The molecule has 0 aliphatic heterocycles. The van der Waals surface area contributed by atoms with Crippen LogP contribution >= 0.6 is 0 Å². The first-order valence-corrected chi connectivity index (χ1v) is 8.50. The highest BCUT2D eigenvalue weighted by Gasteiger charge is 2.29. The molecule has 0 amide bonds. The Bertz CT molecular complexity index is 274. The first-order valence-electron chi connectivity index (χ1n) is 5.72. The van der Waals surface area contributed by atoms with E-state index in [4.69, 9.17) is 4.43 Å². The van der Waals surface area contributed by atoms with Crippen molar-refractivity contribution in [2.75, 3.05) is 0 Å². The molecule has 0 aromatic heterocycles. The Kier molecular flexibility index (Phi) is 3.76. The molecule has 1 atom stereocenters. The third-order valence-corrected chi connectivity index (χ3v) is 3.51. The van der Waals surface area contributed by atoms with Gasteiger partial charge in [-0.25, -0.2) is 0 Å². The molecular formula is C12H22O2Si. The molecule has 15 heavy (non-hydrogen) atoms. The molecule has 0 spiro atoms. The molecule has 2 nitrogen and oxygen atoms in total. The Balaban J connectivity index is 2.81. The molecule has 0 fully saturated rings. The van der Waals surface area contributed by atoms with Crippen LogP contribution < -0.4 is 0 Å². The lowest BCUT2D eigenvalue weighted by Gasteiger charge is -2.31. The van der Waals surface area contributed by atoms with E-state index in [1.165, 1.54) is 0 Å². The average Bonchev–Trinajstić information content (AvgIpc) is 2.06. The summed E-state index contributed by atoms with van der Waals surface area (Å²) < 4.78 is 5.68. The van der Waals surface area contributed by atoms with E-state index in [1.54, 1.807) is 0 Å². The van der Waals surface area contributed by atoms with E-state index < -0.39 is 9.04 Å². The monoisotopic (exact) mass is 226 g/mol. The van der Waals surface area contributed by atoms with Crippen LogP contribution in [0.15, 0.2) is 11.8 Å². The Morgan fingerprint density at radius 2 is 2.00 bits per heavy atom. The fourth-order valence-corrected chi connectivity index (χ4v) is 2.53. The van der Waals surface area contributed by atoms with Crippen LogP contribution in [0, 0.1) is 11.3 Å². The summed E-state index contributed by atoms with van der Waals surface area (Å²) >= 11 is 0. The molecule has 1 aliphatic rings. The zero-order valence-corrected chi connectivity index (χ0v) is 11.6. The van der Waals surface area contributed by atoms with Crippen molar-refractivity contribution < 1.29 is 9.22 Å². The van der Waals surface area contributed by atoms with Crippen molar-refractivity contribution in [2.24, 2.45) is 11.3 Å². The molecule has 1 rings (SSSR count). The van der Waals surface area contributed by atoms with Crippen LogP contribution in [0.5, 0.6) is 0 Å². The summed E-state index contributed by atoms with van der Waals surface area (Å²) in [7, 11) is -1.15. The van der Waals surface area contributed by atoms with Gasteiger partial charge in [0.05, 0.1) is 0 Å². The minimum absolute atomic E-state index is 0.191. The van der Waals surface area contributed by atoms with E-state index in [0.29, 0.717) is 18.1 Å². The first-order chi connectivity index (χ1) is 6.80. The highest BCUT2D eigenvalue weighted by atomic mass is 28.3. The Morgan fingerprint density at radius 1 is 1.40 bits per heavy atom. The molecule has 0 saturated carbocycles. The van der Waals surface area contributed by atoms with Gasteiger partial charge in [-0.3, -0.25) is 4.79 Å². The summed E-state index contributed by atoms with van der Waals surface area (Å²) in [5.41, 5.74) is 0.230. The number of allylic oxidation sites excluding steroid dienone is 2. The molecule has 0 aromatic carbocycles. The number of hydrogen-bond acceptors (Lipinski definition) is 2. The summed E-state index contributed by atoms with van der Waals surface area (Å²) in [5.74, 6) is 1.30. The maximum atomic E-state index is 11.6. The van der Waals surface area contributed by atoms with Crippen molar-refractivity contribution in [3.63, 3.8) is 0 Å². The maximum absolute atomic E-state index is 11.6. The summed E-state index contributed by atoms with van der Waals surface area (Å²) in [6.45, 7) is 10.8. The normalized spacial score (nSPS) is 22.9. The fraction of sp³-hybridized carbons (Fsp3) is 0.750. The molecule has 0 bridgehead atoms. The summed E-state index contributed by atoms with van der Waals surface area (Å²) in [4.78, 5) is 11.6. The van der Waals surface area contributed by atoms with Gasteiger partial charge in [0.15, 0.2) is 5.78 Å². The number of carbonyl (C=O) groups excluding carboxylic acids is 1. The number of rotatable bonds is 2. The van der Waals surface area contributed by atoms with Gasteiger partial charge in [-0.05, 0) is 36.9 Å². The topological polar surface area (TPSA) is 26.3 Å². The minimum Gasteiger partial charge on any atom is -0.545 e. The van der Waals surface area contributed by atoms with Crippen molar-refractivity contribution in [1.29, 1.82) is 0 Å². The smallest absolute Gasteiger partial charge is 0.229 e. The lowest BCUT2D eigenvalue weighted by Crippen LogP contribution is -2.26. The maximum Gasteiger partial charge on any atom is 0.229 e. The van der Waals surface area contributed by atoms with Crippen LogP contribution in [0.3, 0.4) is 0 Å². The van der Waals surface area contributed by atoms with Crippen LogP contribution in [0.2, 0.25) is 13.1 Å². The molecule has 0 N–H and O–H groups in total. The molecule has 0 heterocycles. The average molecular weight is 226 g/mol. The highest BCUT2D eigenvalue weighted by molar-refractivity contribution is 6.49. The Morgan fingerprint density at radius 3 is 2.47 bits per heavy atom. The molecule has 0 saturated heterocycles. The zero-order valence-electron chi connectivity index (χ0n) is 10.5. The largest absolute Gasteiger partial charge is 0.545 e. The highest BCUT2D eigenvalue weighted by Crippen LogP contribution is 2.35. The SMILES string of the molecule is C[SiH](C)OC1=CC(C(C)(C)C)CCC1=O. The standard InChI is InChI=1S/C12H22O2Si/c1-12(2,3)9-6-7-10(13)11(8-9)14-15(4)5/h8-9,15H,6-7H2,1-5H3. The molecule has 3 heteroatoms. The molecule has 86 valence electrons. The lowest BCUT2D eigenvalue weighted by atomic mass is 9.75. The van der Waals surface area contributed by atoms with Gasteiger partial charge in [0.1, 0.15) is 5.76 Å². The van der Waals surface area contributed by atoms with Crippen molar-refractivity contribution in [3.05, 3.63) is 11.8 Å². The van der Waals surface area contributed by atoms with Crippen LogP contribution in [-0.4, -0.2) is 14.8 Å². The quantitative estimate of drug-likeness (QED) is 0.677. The third kappa shape index (κ3) is 3.49. The van der Waals surface area contributed by atoms with E-state index in [1.807, 2.05) is 0 Å². The number of Topliss-reactive ketones (excluding diaryl/α,β-unsaturated/α-hetero) is 1. The van der Waals surface area contributed by atoms with Gasteiger partial charge in [0.2, 0.25) is 9.04 Å². The first kappa shape index (κ1) is 12.5. The number of hydrogen-bond donors (Lipinski definition) is 0. The van der Waals surface area contributed by atoms with E-state index in [-0.39, 0.29) is 11.2 Å². The number of carbonyl (C=O) groups is 1. The molecule has 0 aromatic rings.